The van der Waals surface area contributed by atoms with Gasteiger partial charge in [0.05, 0.1) is 5.56 Å². The van der Waals surface area contributed by atoms with Gasteiger partial charge in [-0.15, -0.1) is 0 Å². The van der Waals surface area contributed by atoms with Crippen LogP contribution < -0.4 is 0 Å². The van der Waals surface area contributed by atoms with E-state index in [1.54, 1.807) is 6.07 Å². The van der Waals surface area contributed by atoms with E-state index in [0.717, 1.165) is 29.5 Å². The van der Waals surface area contributed by atoms with E-state index in [1.807, 2.05) is 27.8 Å². The van der Waals surface area contributed by atoms with E-state index in [4.69, 9.17) is 0 Å². The summed E-state index contributed by atoms with van der Waals surface area (Å²) >= 11 is 0. The van der Waals surface area contributed by atoms with Crippen molar-refractivity contribution in [3.8, 4) is 0 Å². The number of alkyl halides is 3. The summed E-state index contributed by atoms with van der Waals surface area (Å²) in [4.78, 5) is 2.04. The van der Waals surface area contributed by atoms with Crippen LogP contribution in [0.5, 0.6) is 0 Å². The van der Waals surface area contributed by atoms with Crippen molar-refractivity contribution >= 4 is 0 Å². The minimum atomic E-state index is -4.36. The Labute approximate surface area is 178 Å². The van der Waals surface area contributed by atoms with Gasteiger partial charge >= 0.3 is 6.18 Å². The van der Waals surface area contributed by atoms with E-state index in [9.17, 15) is 22.0 Å². The minimum absolute atomic E-state index is 0.257. The summed E-state index contributed by atoms with van der Waals surface area (Å²) in [6.07, 6.45) is -2.50. The zero-order valence-electron chi connectivity index (χ0n) is 17.5. The lowest BCUT2D eigenvalue weighted by Crippen LogP contribution is -2.28. The molecule has 7 heteroatoms. The number of nitrogens with zero attached hydrogens (tertiary/aromatic N) is 2. The SMILES string of the molecule is CC(C)CN(Cc1cccc(F)c1F)Cc1cccn1Cc1ccc(C(F)(F)F)cc1. The third kappa shape index (κ3) is 6.17. The zero-order valence-corrected chi connectivity index (χ0v) is 17.5. The van der Waals surface area contributed by atoms with Crippen LogP contribution in [0.15, 0.2) is 60.8 Å². The summed E-state index contributed by atoms with van der Waals surface area (Å²) in [6.45, 7) is 5.97. The van der Waals surface area contributed by atoms with Crippen molar-refractivity contribution in [2.75, 3.05) is 6.54 Å². The molecule has 0 aliphatic heterocycles. The van der Waals surface area contributed by atoms with E-state index < -0.39 is 23.4 Å². The normalized spacial score (nSPS) is 12.2. The Morgan fingerprint density at radius 1 is 0.903 bits per heavy atom. The minimum Gasteiger partial charge on any atom is -0.346 e. The molecule has 0 unspecified atom stereocenters. The highest BCUT2D eigenvalue weighted by Gasteiger charge is 2.29. The Morgan fingerprint density at radius 2 is 1.61 bits per heavy atom. The molecule has 0 aliphatic rings. The second kappa shape index (κ2) is 9.64. The van der Waals surface area contributed by atoms with Crippen molar-refractivity contribution in [2.45, 2.75) is 39.7 Å². The van der Waals surface area contributed by atoms with Crippen molar-refractivity contribution in [1.82, 2.24) is 9.47 Å². The Hall–Kier alpha value is -2.67. The molecule has 31 heavy (non-hydrogen) atoms. The van der Waals surface area contributed by atoms with Gasteiger partial charge in [0, 0.05) is 43.6 Å². The monoisotopic (exact) mass is 436 g/mol. The lowest BCUT2D eigenvalue weighted by molar-refractivity contribution is -0.137. The Kier molecular flexibility index (Phi) is 7.15. The van der Waals surface area contributed by atoms with E-state index in [-0.39, 0.29) is 6.54 Å². The molecule has 1 aromatic heterocycles. The highest BCUT2D eigenvalue weighted by molar-refractivity contribution is 5.25. The molecule has 2 aromatic carbocycles. The fraction of sp³-hybridized carbons (Fsp3) is 0.333. The quantitative estimate of drug-likeness (QED) is 0.366. The molecule has 0 atom stereocenters. The fourth-order valence-electron chi connectivity index (χ4n) is 3.59. The highest BCUT2D eigenvalue weighted by Crippen LogP contribution is 2.29. The predicted octanol–water partition coefficient (Wildman–Crippen LogP) is 6.49. The summed E-state index contributed by atoms with van der Waals surface area (Å²) in [5.41, 5.74) is 1.31. The van der Waals surface area contributed by atoms with E-state index in [0.29, 0.717) is 31.1 Å². The van der Waals surface area contributed by atoms with Crippen molar-refractivity contribution in [3.05, 3.63) is 94.8 Å². The molecule has 0 spiro atoms. The molecule has 0 N–H and O–H groups in total. The average Bonchev–Trinajstić information content (AvgIpc) is 3.11. The molecular weight excluding hydrogens is 411 g/mol. The van der Waals surface area contributed by atoms with Crippen LogP contribution >= 0.6 is 0 Å². The highest BCUT2D eigenvalue weighted by atomic mass is 19.4. The van der Waals surface area contributed by atoms with Gasteiger partial charge in [-0.2, -0.15) is 13.2 Å². The van der Waals surface area contributed by atoms with Gasteiger partial charge in [0.2, 0.25) is 0 Å². The van der Waals surface area contributed by atoms with Crippen LogP contribution in [0.3, 0.4) is 0 Å². The van der Waals surface area contributed by atoms with E-state index in [2.05, 4.69) is 13.8 Å². The summed E-state index contributed by atoms with van der Waals surface area (Å²) < 4.78 is 68.1. The van der Waals surface area contributed by atoms with Crippen molar-refractivity contribution < 1.29 is 22.0 Å². The summed E-state index contributed by atoms with van der Waals surface area (Å²) in [5.74, 6) is -1.39. The van der Waals surface area contributed by atoms with Crippen LogP contribution in [0.2, 0.25) is 0 Å². The standard InChI is InChI=1S/C24H25F5N2/c1-17(2)13-30(15-19-5-3-7-22(25)23(19)26)16-21-6-4-12-31(21)14-18-8-10-20(11-9-18)24(27,28)29/h3-12,17H,13-16H2,1-2H3. The van der Waals surface area contributed by atoms with Crippen LogP contribution in [0.1, 0.15) is 36.2 Å². The molecule has 1 heterocycles. The van der Waals surface area contributed by atoms with Crippen molar-refractivity contribution in [2.24, 2.45) is 5.92 Å². The molecule has 3 aromatic rings. The molecule has 166 valence electrons. The number of rotatable bonds is 8. The second-order valence-electron chi connectivity index (χ2n) is 8.10. The zero-order chi connectivity index (χ0) is 22.6. The number of hydrogen-bond donors (Lipinski definition) is 0. The third-order valence-electron chi connectivity index (χ3n) is 4.99. The van der Waals surface area contributed by atoms with Crippen LogP contribution in [-0.2, 0) is 25.8 Å². The van der Waals surface area contributed by atoms with Crippen LogP contribution in [0, 0.1) is 17.6 Å². The fourth-order valence-corrected chi connectivity index (χ4v) is 3.59. The summed E-state index contributed by atoms with van der Waals surface area (Å²) in [6, 6.07) is 13.1. The second-order valence-corrected chi connectivity index (χ2v) is 8.10. The topological polar surface area (TPSA) is 8.17 Å². The molecule has 0 radical (unpaired) electrons. The molecule has 3 rings (SSSR count). The molecule has 0 saturated heterocycles. The maximum Gasteiger partial charge on any atom is 0.416 e. The first-order chi connectivity index (χ1) is 14.6. The van der Waals surface area contributed by atoms with Crippen molar-refractivity contribution in [1.29, 1.82) is 0 Å². The Morgan fingerprint density at radius 3 is 2.26 bits per heavy atom. The van der Waals surface area contributed by atoms with E-state index >= 15 is 0 Å². The maximum absolute atomic E-state index is 14.2. The first kappa shape index (κ1) is 23.0. The van der Waals surface area contributed by atoms with Crippen LogP contribution in [0.25, 0.3) is 0 Å². The van der Waals surface area contributed by atoms with Gasteiger partial charge in [-0.3, -0.25) is 4.90 Å². The number of benzene rings is 2. The van der Waals surface area contributed by atoms with Crippen LogP contribution in [0.4, 0.5) is 22.0 Å². The van der Waals surface area contributed by atoms with Gasteiger partial charge in [0.1, 0.15) is 0 Å². The average molecular weight is 436 g/mol. The number of aromatic nitrogens is 1. The lowest BCUT2D eigenvalue weighted by Gasteiger charge is -2.25. The largest absolute Gasteiger partial charge is 0.416 e. The number of hydrogen-bond acceptors (Lipinski definition) is 1. The predicted molar refractivity (Wildman–Crippen MR) is 110 cm³/mol. The third-order valence-corrected chi connectivity index (χ3v) is 4.99. The van der Waals surface area contributed by atoms with Gasteiger partial charge < -0.3 is 4.57 Å². The van der Waals surface area contributed by atoms with Crippen LogP contribution in [-0.4, -0.2) is 16.0 Å². The molecule has 0 bridgehead atoms. The van der Waals surface area contributed by atoms with Gasteiger partial charge in [-0.25, -0.2) is 8.78 Å². The Bertz CT molecular complexity index is 990. The van der Waals surface area contributed by atoms with Gasteiger partial charge in [0.15, 0.2) is 11.6 Å². The van der Waals surface area contributed by atoms with Gasteiger partial charge in [0.25, 0.3) is 0 Å². The van der Waals surface area contributed by atoms with Gasteiger partial charge in [-0.1, -0.05) is 38.1 Å². The molecule has 0 aliphatic carbocycles. The smallest absolute Gasteiger partial charge is 0.346 e. The first-order valence-electron chi connectivity index (χ1n) is 10.1. The molecule has 0 amide bonds. The number of halogens is 5. The lowest BCUT2D eigenvalue weighted by atomic mass is 10.1. The maximum atomic E-state index is 14.2. The molecular formula is C24H25F5N2. The van der Waals surface area contributed by atoms with E-state index in [1.165, 1.54) is 18.2 Å². The summed E-state index contributed by atoms with van der Waals surface area (Å²) in [7, 11) is 0. The Balaban J connectivity index is 1.76. The van der Waals surface area contributed by atoms with Gasteiger partial charge in [-0.05, 0) is 41.8 Å². The molecule has 0 fully saturated rings. The first-order valence-corrected chi connectivity index (χ1v) is 10.1. The van der Waals surface area contributed by atoms with Crippen molar-refractivity contribution in [3.63, 3.8) is 0 Å². The molecule has 0 saturated carbocycles. The molecule has 2 nitrogen and oxygen atoms in total. The summed E-state index contributed by atoms with van der Waals surface area (Å²) in [5, 5.41) is 0.